The molecule has 5 rings (SSSR count). The minimum Gasteiger partial charge on any atom is -1.00 e. The first-order chi connectivity index (χ1) is 37.1. The number of halogens is 22. The zero-order chi connectivity index (χ0) is 66.5. The molecule has 4 aromatic rings. The lowest BCUT2D eigenvalue weighted by Crippen LogP contribution is -3.00. The smallest absolute Gasteiger partial charge is 0.522 e. The molecule has 35 heteroatoms. The van der Waals surface area contributed by atoms with Crippen molar-refractivity contribution in [2.45, 2.75) is 73.1 Å². The molecule has 0 N–H and O–H groups in total. The van der Waals surface area contributed by atoms with Gasteiger partial charge in [0.25, 0.3) is 0 Å². The van der Waals surface area contributed by atoms with E-state index in [2.05, 4.69) is 3.87 Å². The van der Waals surface area contributed by atoms with E-state index >= 15 is 0 Å². The molecule has 0 saturated carbocycles. The molecule has 0 spiro atoms. The van der Waals surface area contributed by atoms with Gasteiger partial charge in [-0.15, -0.1) is 0 Å². The summed E-state index contributed by atoms with van der Waals surface area (Å²) in [6.07, 6.45) is 2.56. The van der Waals surface area contributed by atoms with E-state index in [9.17, 15) is 120 Å². The zero-order valence-corrected chi connectivity index (χ0v) is 49.0. The minimum absolute atomic E-state index is 0. The summed E-state index contributed by atoms with van der Waals surface area (Å²) in [5.74, 6) is -38.8. The Morgan fingerprint density at radius 3 is 0.694 bits per heavy atom. The lowest BCUT2D eigenvalue weighted by atomic mass is 10.1. The third-order valence-electron chi connectivity index (χ3n) is 9.12. The molecule has 1 saturated heterocycles. The van der Waals surface area contributed by atoms with Gasteiger partial charge in [0.1, 0.15) is 0 Å². The molecule has 0 aromatic heterocycles. The molecule has 4 aromatic carbocycles. The number of carbonyl (C=O) groups excluding carboxylic acids is 4. The van der Waals surface area contributed by atoms with Gasteiger partial charge in [-0.2, -0.15) is 39.2 Å². The Hall–Kier alpha value is -6.01. The fourth-order valence-corrected chi connectivity index (χ4v) is 8.76. The molecule has 0 aliphatic carbocycles. The van der Waals surface area contributed by atoms with Gasteiger partial charge in [-0.25, -0.2) is 61.5 Å². The maximum absolute atomic E-state index is 13.6. The normalized spacial score (nSPS) is 12.1. The number of alkyl halides is 3. The molecule has 1 fully saturated rings. The highest BCUT2D eigenvalue weighted by molar-refractivity contribution is 7.88. The number of nitrogens with zero attached hydrogens (tertiary/aromatic N) is 3. The summed E-state index contributed by atoms with van der Waals surface area (Å²) in [4.78, 5) is 45.0. The van der Waals surface area contributed by atoms with Crippen LogP contribution in [0.2, 0.25) is 19.6 Å². The first-order valence-electron chi connectivity index (χ1n) is 22.7. The van der Waals surface area contributed by atoms with Crippen LogP contribution in [0.15, 0.2) is 0 Å². The Bertz CT molecular complexity index is 2840. The molecule has 85 heavy (non-hydrogen) atoms. The van der Waals surface area contributed by atoms with E-state index in [4.69, 9.17) is 4.74 Å². The van der Waals surface area contributed by atoms with Crippen molar-refractivity contribution in [2.24, 2.45) is 0 Å². The lowest BCUT2D eigenvalue weighted by Gasteiger charge is -2.25. The summed E-state index contributed by atoms with van der Waals surface area (Å²) in [7, 11) is 6.03. The van der Waals surface area contributed by atoms with Crippen molar-refractivity contribution in [3.63, 3.8) is 0 Å². The van der Waals surface area contributed by atoms with E-state index in [0.717, 1.165) is 27.1 Å². The number of Topliss-reactive ketones (excluding diaryl/α,β-unsaturated/α-hetero) is 4. The van der Waals surface area contributed by atoms with Crippen LogP contribution in [0.1, 0.15) is 89.4 Å². The van der Waals surface area contributed by atoms with Crippen molar-refractivity contribution in [2.75, 3.05) is 76.6 Å². The van der Waals surface area contributed by atoms with Gasteiger partial charge in [-0.3, -0.25) is 28.1 Å². The van der Waals surface area contributed by atoms with Gasteiger partial charge >= 0.3 is 15.6 Å². The van der Waals surface area contributed by atoms with Crippen LogP contribution in [-0.4, -0.2) is 127 Å². The van der Waals surface area contributed by atoms with Crippen LogP contribution in [0.4, 0.5) is 104 Å². The Kier molecular flexibility index (Phi) is 33.9. The number of hydrogen-bond donors (Lipinski definition) is 0. The summed E-state index contributed by atoms with van der Waals surface area (Å²) < 4.78 is 298. The fourth-order valence-electron chi connectivity index (χ4n) is 5.75. The van der Waals surface area contributed by atoms with Crippen LogP contribution < -0.4 is 13.7 Å². The highest BCUT2D eigenvalue weighted by Gasteiger charge is 2.49. The Labute approximate surface area is 475 Å². The van der Waals surface area contributed by atoms with E-state index in [1.165, 1.54) is 74.8 Å². The number of benzene rings is 4. The van der Waals surface area contributed by atoms with Crippen molar-refractivity contribution in [3.8, 4) is 0 Å². The van der Waals surface area contributed by atoms with Crippen LogP contribution in [0, 0.1) is 105 Å². The quantitative estimate of drug-likeness (QED) is 0.0323. The van der Waals surface area contributed by atoms with E-state index in [1.54, 1.807) is 0 Å². The maximum Gasteiger partial charge on any atom is 0.522 e. The summed E-state index contributed by atoms with van der Waals surface area (Å²) in [6, 6.07) is 0. The highest BCUT2D eigenvalue weighted by Crippen LogP contribution is 2.34. The molecule has 486 valence electrons. The average molecular weight is 1310 g/mol. The number of ketones is 4. The topological polar surface area (TPSA) is 124 Å². The second-order valence-electron chi connectivity index (χ2n) is 19.9. The molecular formula is C50H60F22N3O8SSi+. The number of carbonyl (C=O) groups is 4. The molecular weight excluding hydrogens is 1250 g/mol. The van der Waals surface area contributed by atoms with Gasteiger partial charge < -0.3 is 18.2 Å². The predicted molar refractivity (Wildman–Crippen MR) is 270 cm³/mol. The number of ether oxygens (including phenoxy) is 1. The lowest BCUT2D eigenvalue weighted by molar-refractivity contribution is -0.0503. The van der Waals surface area contributed by atoms with E-state index in [-0.39, 0.29) is 12.1 Å². The van der Waals surface area contributed by atoms with Crippen molar-refractivity contribution >= 4 is 52.9 Å². The summed E-state index contributed by atoms with van der Waals surface area (Å²) in [5.41, 5.74) is -12.0. The van der Waals surface area contributed by atoms with Crippen molar-refractivity contribution in [1.82, 2.24) is 13.9 Å². The van der Waals surface area contributed by atoms with Crippen molar-refractivity contribution in [3.05, 3.63) is 127 Å². The molecule has 0 radical (unpaired) electrons. The van der Waals surface area contributed by atoms with Gasteiger partial charge in [0.15, 0.2) is 92.9 Å². The van der Waals surface area contributed by atoms with Crippen molar-refractivity contribution in [1.29, 1.82) is 0 Å². The number of hydrogen-bond acceptors (Lipinski definition) is 9. The maximum atomic E-state index is 13.6. The minimum atomic E-state index is -5.39. The average Bonchev–Trinajstić information content (AvgIpc) is 3.90. The molecule has 1 aliphatic heterocycles. The Morgan fingerprint density at radius 2 is 0.588 bits per heavy atom. The van der Waals surface area contributed by atoms with Crippen LogP contribution in [0.3, 0.4) is 0 Å². The van der Waals surface area contributed by atoms with Crippen LogP contribution in [-0.2, 0) is 18.7 Å². The van der Waals surface area contributed by atoms with E-state index in [1.807, 2.05) is 26.0 Å². The Morgan fingerprint density at radius 1 is 0.424 bits per heavy atom. The number of rotatable bonds is 8. The third kappa shape index (κ3) is 23.6. The SMILES string of the molecule is C.C1CCOC1.CC(=O)c1c(F)c(F)c(F)c(F)c1F.CC(=O)c1c(F)c(F)c([18F])c(F)c1F.CC(=O)c1c(F)c(F)c([N+](C)(C)C)c(F)c1F.CC(=O)c1c(F)c(F)c([N+](C)(C)C)c(F)c1F.CN(C)C.C[Si](C)(C)OS(=O)(=O)C(F)(F)F.[F-]. The molecule has 0 atom stereocenters. The van der Waals surface area contributed by atoms with E-state index in [0.29, 0.717) is 13.8 Å². The monoisotopic (exact) mass is 1310 g/mol. The molecule has 1 aliphatic rings. The highest BCUT2D eigenvalue weighted by atomic mass is 32.2. The van der Waals surface area contributed by atoms with Crippen LogP contribution in [0.25, 0.3) is 0 Å². The van der Waals surface area contributed by atoms with Crippen molar-refractivity contribution < 1.29 is 133 Å². The van der Waals surface area contributed by atoms with Crippen LogP contribution >= 0.6 is 0 Å². The number of quaternary nitrogens is 2. The summed E-state index contributed by atoms with van der Waals surface area (Å²) >= 11 is 0. The zero-order valence-electron chi connectivity index (χ0n) is 47.2. The second kappa shape index (κ2) is 33.8. The van der Waals surface area contributed by atoms with Gasteiger partial charge in [0.2, 0.25) is 54.6 Å². The van der Waals surface area contributed by atoms with Gasteiger partial charge in [0, 0.05) is 13.2 Å². The molecule has 0 unspecified atom stereocenters. The van der Waals surface area contributed by atoms with Gasteiger partial charge in [0.05, 0.1) is 64.5 Å². The second-order valence-corrected chi connectivity index (χ2v) is 26.1. The van der Waals surface area contributed by atoms with Gasteiger partial charge in [-0.1, -0.05) is 7.43 Å². The molecule has 0 amide bonds. The summed E-state index contributed by atoms with van der Waals surface area (Å²) in [5, 5.41) is 0. The fraction of sp³-hybridized carbons (Fsp3) is 0.440. The summed E-state index contributed by atoms with van der Waals surface area (Å²) in [6.45, 7) is 9.16. The first kappa shape index (κ1) is 85.4. The van der Waals surface area contributed by atoms with Gasteiger partial charge in [-0.05, 0) is 81.3 Å². The largest absolute Gasteiger partial charge is 1.00 e. The molecule has 1 heterocycles. The van der Waals surface area contributed by atoms with Crippen LogP contribution in [0.5, 0.6) is 0 Å². The molecule has 11 nitrogen and oxygen atoms in total. The van der Waals surface area contributed by atoms with E-state index < -0.39 is 194 Å². The third-order valence-corrected chi connectivity index (χ3v) is 12.6. The molecule has 0 bridgehead atoms. The predicted octanol–water partition coefficient (Wildman–Crippen LogP) is 10.8. The standard InChI is InChI=1S/2C11H12F4NO.2C8H3F5O.C4H9F3O3SSi.C4H8O.C3H9N.CH4.FH/c2*1-5(17)6-7(12)9(14)11(16(2,3)4)10(15)8(6)13;2*1-2(14)3-4(9)6(11)8(13)7(12)5(3)10;1-12(2,3)10-11(8,9)4(5,6)7;1-2-4-5-3-1;1-4(2)3;;/h2*1-4H3;2*1H3;1-3H3;1-4H2;1-3H3;1H4;1H/q2*+1;;;;;;;/p-1/i;;13-1;;;;;;. The Balaban J connectivity index is -0.000000464. The first-order valence-corrected chi connectivity index (χ1v) is 27.6.